The van der Waals surface area contributed by atoms with Gasteiger partial charge in [0.25, 0.3) is 0 Å². The van der Waals surface area contributed by atoms with Crippen molar-refractivity contribution in [2.75, 3.05) is 5.32 Å². The minimum atomic E-state index is -0.141. The van der Waals surface area contributed by atoms with E-state index in [0.717, 1.165) is 5.69 Å². The first kappa shape index (κ1) is 9.51. The smallest absolute Gasteiger partial charge is 0.204 e. The Morgan fingerprint density at radius 3 is 2.67 bits per heavy atom. The average Bonchev–Trinajstić information content (AvgIpc) is 2.17. The lowest BCUT2D eigenvalue weighted by Crippen LogP contribution is -2.44. The normalized spacial score (nSPS) is 19.9. The van der Waals surface area contributed by atoms with Crippen molar-refractivity contribution in [1.82, 2.24) is 5.32 Å². The van der Waals surface area contributed by atoms with Crippen LogP contribution in [0, 0.1) is 0 Å². The highest BCUT2D eigenvalue weighted by atomic mass is 15.3. The highest BCUT2D eigenvalue weighted by molar-refractivity contribution is 6.05. The molecule has 0 fully saturated rings. The van der Waals surface area contributed by atoms with Crippen molar-refractivity contribution in [3.63, 3.8) is 0 Å². The Bertz CT molecular complexity index is 396. The van der Waals surface area contributed by atoms with Crippen LogP contribution < -0.4 is 16.4 Å². The number of para-hydroxylation sites is 1. The summed E-state index contributed by atoms with van der Waals surface area (Å²) in [6, 6.07) is 9.77. The van der Waals surface area contributed by atoms with E-state index in [0.29, 0.717) is 11.9 Å². The summed E-state index contributed by atoms with van der Waals surface area (Å²) in [5.41, 5.74) is 6.55. The fraction of sp³-hybridized carbons (Fsp3) is 0.200. The first-order valence-electron chi connectivity index (χ1n) is 4.74. The SMILES string of the molecule is CC1N=C(N)NC(Nc2ccccc2)=N1. The fourth-order valence-electron chi connectivity index (χ4n) is 1.32. The van der Waals surface area contributed by atoms with Crippen LogP contribution in [0.25, 0.3) is 0 Å². The van der Waals surface area contributed by atoms with Crippen LogP contribution in [0.1, 0.15) is 6.92 Å². The van der Waals surface area contributed by atoms with Crippen molar-refractivity contribution in [3.8, 4) is 0 Å². The van der Waals surface area contributed by atoms with Gasteiger partial charge in [-0.3, -0.25) is 5.32 Å². The zero-order chi connectivity index (χ0) is 10.7. The molecule has 0 radical (unpaired) electrons. The molecule has 0 saturated heterocycles. The van der Waals surface area contributed by atoms with E-state index in [1.54, 1.807) is 0 Å². The number of nitrogens with two attached hydrogens (primary N) is 1. The molecule has 0 bridgehead atoms. The molecule has 5 heteroatoms. The summed E-state index contributed by atoms with van der Waals surface area (Å²) in [5.74, 6) is 1.01. The van der Waals surface area contributed by atoms with Gasteiger partial charge >= 0.3 is 0 Å². The number of anilines is 1. The van der Waals surface area contributed by atoms with Crippen LogP contribution in [-0.4, -0.2) is 18.1 Å². The Labute approximate surface area is 88.1 Å². The Kier molecular flexibility index (Phi) is 2.53. The van der Waals surface area contributed by atoms with Crippen LogP contribution in [-0.2, 0) is 0 Å². The van der Waals surface area contributed by atoms with Gasteiger partial charge in [0.1, 0.15) is 6.17 Å². The highest BCUT2D eigenvalue weighted by Crippen LogP contribution is 2.06. The molecule has 1 aromatic carbocycles. The number of guanidine groups is 2. The molecule has 0 saturated carbocycles. The molecule has 1 atom stereocenters. The molecule has 1 heterocycles. The Morgan fingerprint density at radius 1 is 1.27 bits per heavy atom. The van der Waals surface area contributed by atoms with Gasteiger partial charge in [0, 0.05) is 5.69 Å². The topological polar surface area (TPSA) is 74.8 Å². The second-order valence-electron chi connectivity index (χ2n) is 3.24. The second kappa shape index (κ2) is 4.00. The van der Waals surface area contributed by atoms with E-state index >= 15 is 0 Å². The van der Waals surface area contributed by atoms with Gasteiger partial charge in [0.2, 0.25) is 5.96 Å². The molecule has 1 unspecified atom stereocenters. The summed E-state index contributed by atoms with van der Waals surface area (Å²) in [4.78, 5) is 8.29. The quantitative estimate of drug-likeness (QED) is 0.629. The van der Waals surface area contributed by atoms with Crippen LogP contribution in [0.15, 0.2) is 40.3 Å². The highest BCUT2D eigenvalue weighted by Gasteiger charge is 2.10. The predicted molar refractivity (Wildman–Crippen MR) is 61.7 cm³/mol. The summed E-state index contributed by atoms with van der Waals surface area (Å²) in [6.07, 6.45) is -0.141. The average molecular weight is 203 g/mol. The molecular formula is C10H13N5. The van der Waals surface area contributed by atoms with Crippen molar-refractivity contribution >= 4 is 17.6 Å². The Hall–Kier alpha value is -2.04. The van der Waals surface area contributed by atoms with Gasteiger partial charge in [-0.25, -0.2) is 9.98 Å². The van der Waals surface area contributed by atoms with Crippen molar-refractivity contribution in [2.45, 2.75) is 13.1 Å². The largest absolute Gasteiger partial charge is 0.370 e. The number of hydrogen-bond acceptors (Lipinski definition) is 5. The lowest BCUT2D eigenvalue weighted by Gasteiger charge is -2.17. The molecule has 0 spiro atoms. The third kappa shape index (κ3) is 2.46. The van der Waals surface area contributed by atoms with E-state index in [1.807, 2.05) is 37.3 Å². The van der Waals surface area contributed by atoms with E-state index in [2.05, 4.69) is 20.6 Å². The summed E-state index contributed by atoms with van der Waals surface area (Å²) < 4.78 is 0. The molecule has 0 aromatic heterocycles. The monoisotopic (exact) mass is 203 g/mol. The predicted octanol–water partition coefficient (Wildman–Crippen LogP) is 0.718. The fourth-order valence-corrected chi connectivity index (χ4v) is 1.32. The van der Waals surface area contributed by atoms with Gasteiger partial charge in [0.05, 0.1) is 0 Å². The lowest BCUT2D eigenvalue weighted by molar-refractivity contribution is 0.766. The van der Waals surface area contributed by atoms with Crippen molar-refractivity contribution in [2.24, 2.45) is 15.7 Å². The van der Waals surface area contributed by atoms with E-state index in [1.165, 1.54) is 0 Å². The maximum absolute atomic E-state index is 5.59. The van der Waals surface area contributed by atoms with Gasteiger partial charge in [-0.2, -0.15) is 0 Å². The van der Waals surface area contributed by atoms with Crippen molar-refractivity contribution < 1.29 is 0 Å². The molecule has 0 amide bonds. The molecule has 2 rings (SSSR count). The zero-order valence-corrected chi connectivity index (χ0v) is 8.44. The Morgan fingerprint density at radius 2 is 2.00 bits per heavy atom. The number of benzene rings is 1. The van der Waals surface area contributed by atoms with Gasteiger partial charge < -0.3 is 11.1 Å². The van der Waals surface area contributed by atoms with Gasteiger partial charge in [0.15, 0.2) is 5.96 Å². The van der Waals surface area contributed by atoms with Crippen LogP contribution in [0.3, 0.4) is 0 Å². The number of rotatable bonds is 1. The molecule has 1 aliphatic heterocycles. The molecule has 0 aliphatic carbocycles. The maximum Gasteiger partial charge on any atom is 0.204 e. The van der Waals surface area contributed by atoms with Crippen LogP contribution in [0.4, 0.5) is 5.69 Å². The first-order valence-corrected chi connectivity index (χ1v) is 4.74. The van der Waals surface area contributed by atoms with E-state index < -0.39 is 0 Å². The van der Waals surface area contributed by atoms with Crippen LogP contribution in [0.2, 0.25) is 0 Å². The number of aliphatic imine (C=N–C) groups is 2. The zero-order valence-electron chi connectivity index (χ0n) is 8.44. The number of nitrogens with zero attached hydrogens (tertiary/aromatic N) is 2. The minimum Gasteiger partial charge on any atom is -0.370 e. The molecule has 15 heavy (non-hydrogen) atoms. The molecule has 78 valence electrons. The third-order valence-corrected chi connectivity index (χ3v) is 1.92. The number of nitrogens with one attached hydrogen (secondary N) is 2. The molecular weight excluding hydrogens is 190 g/mol. The van der Waals surface area contributed by atoms with Crippen molar-refractivity contribution in [3.05, 3.63) is 30.3 Å². The maximum atomic E-state index is 5.59. The van der Waals surface area contributed by atoms with Crippen LogP contribution >= 0.6 is 0 Å². The van der Waals surface area contributed by atoms with E-state index in [4.69, 9.17) is 5.73 Å². The molecule has 1 aliphatic rings. The Balaban J connectivity index is 2.08. The van der Waals surface area contributed by atoms with Crippen molar-refractivity contribution in [1.29, 1.82) is 0 Å². The molecule has 1 aromatic rings. The lowest BCUT2D eigenvalue weighted by atomic mass is 10.3. The molecule has 5 nitrogen and oxygen atoms in total. The summed E-state index contributed by atoms with van der Waals surface area (Å²) in [6.45, 7) is 1.88. The third-order valence-electron chi connectivity index (χ3n) is 1.92. The van der Waals surface area contributed by atoms with E-state index in [-0.39, 0.29) is 6.17 Å². The second-order valence-corrected chi connectivity index (χ2v) is 3.24. The standard InChI is InChI=1S/C10H13N5/c1-7-12-9(11)15-10(13-7)14-8-5-3-2-4-6-8/h2-7H,1H3,(H4,11,12,13,14,15). The van der Waals surface area contributed by atoms with Crippen LogP contribution in [0.5, 0.6) is 0 Å². The van der Waals surface area contributed by atoms with Gasteiger partial charge in [-0.1, -0.05) is 18.2 Å². The summed E-state index contributed by atoms with van der Waals surface area (Å²) >= 11 is 0. The van der Waals surface area contributed by atoms with Gasteiger partial charge in [-0.15, -0.1) is 0 Å². The molecule has 4 N–H and O–H groups in total. The summed E-state index contributed by atoms with van der Waals surface area (Å²) in [5, 5.41) is 5.98. The van der Waals surface area contributed by atoms with E-state index in [9.17, 15) is 0 Å². The summed E-state index contributed by atoms with van der Waals surface area (Å²) in [7, 11) is 0. The van der Waals surface area contributed by atoms with Gasteiger partial charge in [-0.05, 0) is 19.1 Å². The minimum absolute atomic E-state index is 0.141. The first-order chi connectivity index (χ1) is 7.24. The number of hydrogen-bond donors (Lipinski definition) is 3.